The summed E-state index contributed by atoms with van der Waals surface area (Å²) < 4.78 is 26.6. The number of fused-ring (bicyclic) bond motifs is 1. The largest absolute Gasteiger partial charge is 0.497 e. The number of nitrogens with one attached hydrogen (secondary N) is 1. The van der Waals surface area contributed by atoms with E-state index in [-0.39, 0.29) is 17.9 Å². The summed E-state index contributed by atoms with van der Waals surface area (Å²) in [5.74, 6) is 0.947. The van der Waals surface area contributed by atoms with E-state index in [1.54, 1.807) is 24.3 Å². The minimum Gasteiger partial charge on any atom is -0.497 e. The maximum Gasteiger partial charge on any atom is 0.341 e. The fourth-order valence-electron chi connectivity index (χ4n) is 2.61. The first kappa shape index (κ1) is 19.3. The van der Waals surface area contributed by atoms with E-state index in [9.17, 15) is 9.59 Å². The normalized spacial score (nSPS) is 12.5. The van der Waals surface area contributed by atoms with Gasteiger partial charge in [-0.3, -0.25) is 4.79 Å². The molecule has 0 fully saturated rings. The quantitative estimate of drug-likeness (QED) is 0.762. The minimum absolute atomic E-state index is 0.194. The molecule has 8 nitrogen and oxygen atoms in total. The van der Waals surface area contributed by atoms with Gasteiger partial charge in [-0.15, -0.1) is 0 Å². The van der Waals surface area contributed by atoms with Gasteiger partial charge in [0, 0.05) is 24.2 Å². The third kappa shape index (κ3) is 4.64. The molecular weight excluding hydrogens is 366 g/mol. The molecule has 0 bridgehead atoms. The summed E-state index contributed by atoms with van der Waals surface area (Å²) in [5, 5.41) is 2.73. The number of esters is 1. The van der Waals surface area contributed by atoms with Crippen molar-refractivity contribution in [3.05, 3.63) is 42.0 Å². The second-order valence-electron chi connectivity index (χ2n) is 5.90. The zero-order valence-electron chi connectivity index (χ0n) is 15.7. The van der Waals surface area contributed by atoms with Gasteiger partial charge in [0.15, 0.2) is 18.1 Å². The number of hydrogen-bond donors (Lipinski definition) is 1. The van der Waals surface area contributed by atoms with Gasteiger partial charge in [0.1, 0.15) is 17.1 Å². The van der Waals surface area contributed by atoms with Crippen LogP contribution in [0.5, 0.6) is 23.0 Å². The molecule has 2 aromatic carbocycles. The van der Waals surface area contributed by atoms with Crippen molar-refractivity contribution in [3.8, 4) is 23.0 Å². The lowest BCUT2D eigenvalue weighted by atomic mass is 10.2. The first-order valence-corrected chi connectivity index (χ1v) is 8.69. The van der Waals surface area contributed by atoms with Gasteiger partial charge in [-0.2, -0.15) is 0 Å². The molecule has 1 heterocycles. The van der Waals surface area contributed by atoms with Crippen LogP contribution in [0.25, 0.3) is 0 Å². The number of carbonyl (C=O) groups is 2. The van der Waals surface area contributed by atoms with Crippen LogP contribution in [0.4, 0.5) is 5.69 Å². The highest BCUT2D eigenvalue weighted by molar-refractivity contribution is 5.94. The third-order valence-electron chi connectivity index (χ3n) is 3.98. The van der Waals surface area contributed by atoms with Crippen molar-refractivity contribution in [1.29, 1.82) is 0 Å². The maximum atomic E-state index is 12.3. The van der Waals surface area contributed by atoms with E-state index in [1.807, 2.05) is 0 Å². The molecule has 1 aliphatic rings. The Labute approximate surface area is 162 Å². The van der Waals surface area contributed by atoms with E-state index in [0.717, 1.165) is 6.42 Å². The standard InChI is InChI=1S/C20H21NO7/c1-24-14-5-6-15(20(23)25-2)17(11-14)28-12-19(22)21-13-4-7-16-18(10-13)27-9-3-8-26-16/h4-7,10-11H,3,8-9,12H2,1-2H3,(H,21,22). The van der Waals surface area contributed by atoms with Gasteiger partial charge in [-0.05, 0) is 24.3 Å². The molecule has 1 amide bonds. The highest BCUT2D eigenvalue weighted by Gasteiger charge is 2.16. The Hall–Kier alpha value is -3.42. The summed E-state index contributed by atoms with van der Waals surface area (Å²) in [6.07, 6.45) is 0.799. The molecule has 0 radical (unpaired) electrons. The minimum atomic E-state index is -0.569. The molecule has 1 aliphatic heterocycles. The van der Waals surface area contributed by atoms with Crippen LogP contribution in [0, 0.1) is 0 Å². The Bertz CT molecular complexity index is 866. The number of methoxy groups -OCH3 is 2. The number of ether oxygens (including phenoxy) is 5. The van der Waals surface area contributed by atoms with E-state index in [2.05, 4.69) is 5.32 Å². The molecule has 3 rings (SSSR count). The molecule has 148 valence electrons. The molecule has 28 heavy (non-hydrogen) atoms. The predicted molar refractivity (Wildman–Crippen MR) is 101 cm³/mol. The smallest absolute Gasteiger partial charge is 0.341 e. The Morgan fingerprint density at radius 1 is 1.04 bits per heavy atom. The van der Waals surface area contributed by atoms with E-state index in [4.69, 9.17) is 23.7 Å². The number of anilines is 1. The molecule has 0 atom stereocenters. The summed E-state index contributed by atoms with van der Waals surface area (Å²) in [4.78, 5) is 24.1. The number of benzene rings is 2. The van der Waals surface area contributed by atoms with Gasteiger partial charge >= 0.3 is 5.97 Å². The van der Waals surface area contributed by atoms with Crippen LogP contribution in [-0.2, 0) is 9.53 Å². The molecule has 0 saturated carbocycles. The van der Waals surface area contributed by atoms with Crippen molar-refractivity contribution in [2.24, 2.45) is 0 Å². The lowest BCUT2D eigenvalue weighted by Gasteiger charge is -2.13. The monoisotopic (exact) mass is 387 g/mol. The SMILES string of the molecule is COC(=O)c1ccc(OC)cc1OCC(=O)Nc1ccc2c(c1)OCCCO2. The van der Waals surface area contributed by atoms with Crippen LogP contribution in [0.3, 0.4) is 0 Å². The van der Waals surface area contributed by atoms with Crippen LogP contribution in [-0.4, -0.2) is 45.9 Å². The van der Waals surface area contributed by atoms with Gasteiger partial charge in [0.25, 0.3) is 5.91 Å². The van der Waals surface area contributed by atoms with Crippen LogP contribution in [0.1, 0.15) is 16.8 Å². The van der Waals surface area contributed by atoms with Gasteiger partial charge < -0.3 is 29.0 Å². The zero-order chi connectivity index (χ0) is 19.9. The number of carbonyl (C=O) groups excluding carboxylic acids is 2. The van der Waals surface area contributed by atoms with E-state index >= 15 is 0 Å². The van der Waals surface area contributed by atoms with E-state index < -0.39 is 11.9 Å². The Kier molecular flexibility index (Phi) is 6.21. The average molecular weight is 387 g/mol. The Morgan fingerprint density at radius 3 is 2.57 bits per heavy atom. The molecule has 0 spiro atoms. The molecule has 8 heteroatoms. The molecular formula is C20H21NO7. The summed E-state index contributed by atoms with van der Waals surface area (Å²) >= 11 is 0. The molecule has 1 N–H and O–H groups in total. The first-order valence-electron chi connectivity index (χ1n) is 8.69. The van der Waals surface area contributed by atoms with Crippen LogP contribution < -0.4 is 24.3 Å². The highest BCUT2D eigenvalue weighted by Crippen LogP contribution is 2.32. The van der Waals surface area contributed by atoms with Gasteiger partial charge in [-0.1, -0.05) is 0 Å². The van der Waals surface area contributed by atoms with Crippen LogP contribution >= 0.6 is 0 Å². The Balaban J connectivity index is 1.66. The van der Waals surface area contributed by atoms with Crippen molar-refractivity contribution < 1.29 is 33.3 Å². The topological polar surface area (TPSA) is 92.3 Å². The summed E-state index contributed by atoms with van der Waals surface area (Å²) in [5.41, 5.74) is 0.753. The van der Waals surface area contributed by atoms with Crippen molar-refractivity contribution >= 4 is 17.6 Å². The van der Waals surface area contributed by atoms with Gasteiger partial charge in [-0.25, -0.2) is 4.79 Å². The first-order chi connectivity index (χ1) is 13.6. The summed E-state index contributed by atoms with van der Waals surface area (Å²) in [6, 6.07) is 9.81. The lowest BCUT2D eigenvalue weighted by Crippen LogP contribution is -2.21. The van der Waals surface area contributed by atoms with Gasteiger partial charge in [0.05, 0.1) is 27.4 Å². The molecule has 0 saturated heterocycles. The second kappa shape index (κ2) is 8.98. The van der Waals surface area contributed by atoms with Crippen molar-refractivity contribution in [2.75, 3.05) is 39.4 Å². The fourth-order valence-corrected chi connectivity index (χ4v) is 2.61. The molecule has 0 unspecified atom stereocenters. The van der Waals surface area contributed by atoms with Crippen LogP contribution in [0.15, 0.2) is 36.4 Å². The highest BCUT2D eigenvalue weighted by atomic mass is 16.5. The van der Waals surface area contributed by atoms with Crippen LogP contribution in [0.2, 0.25) is 0 Å². The zero-order valence-corrected chi connectivity index (χ0v) is 15.7. The van der Waals surface area contributed by atoms with E-state index in [0.29, 0.717) is 36.1 Å². The van der Waals surface area contributed by atoms with Gasteiger partial charge in [0.2, 0.25) is 0 Å². The molecule has 2 aromatic rings. The third-order valence-corrected chi connectivity index (χ3v) is 3.98. The average Bonchev–Trinajstić information content (AvgIpc) is 2.96. The van der Waals surface area contributed by atoms with E-state index in [1.165, 1.54) is 26.4 Å². The predicted octanol–water partition coefficient (Wildman–Crippen LogP) is 2.66. The molecule has 0 aliphatic carbocycles. The Morgan fingerprint density at radius 2 is 1.82 bits per heavy atom. The number of hydrogen-bond acceptors (Lipinski definition) is 7. The fraction of sp³-hybridized carbons (Fsp3) is 0.300. The lowest BCUT2D eigenvalue weighted by molar-refractivity contribution is -0.118. The van der Waals surface area contributed by atoms with Crippen molar-refractivity contribution in [3.63, 3.8) is 0 Å². The number of amides is 1. The number of rotatable bonds is 6. The van der Waals surface area contributed by atoms with Crippen molar-refractivity contribution in [2.45, 2.75) is 6.42 Å². The summed E-state index contributed by atoms with van der Waals surface area (Å²) in [6.45, 7) is 0.848. The van der Waals surface area contributed by atoms with Crippen molar-refractivity contribution in [1.82, 2.24) is 0 Å². The maximum absolute atomic E-state index is 12.3. The molecule has 0 aromatic heterocycles. The second-order valence-corrected chi connectivity index (χ2v) is 5.90. The summed E-state index contributed by atoms with van der Waals surface area (Å²) in [7, 11) is 2.76.